The van der Waals surface area contributed by atoms with E-state index in [1.807, 2.05) is 0 Å². The van der Waals surface area contributed by atoms with Crippen molar-refractivity contribution < 1.29 is 5.11 Å². The predicted molar refractivity (Wildman–Crippen MR) is 68.2 cm³/mol. The topological polar surface area (TPSA) is 20.2 Å². The highest BCUT2D eigenvalue weighted by Crippen LogP contribution is 2.49. The minimum atomic E-state index is -0.423. The molecule has 0 heterocycles. The maximum atomic E-state index is 10.5. The summed E-state index contributed by atoms with van der Waals surface area (Å²) in [6, 6.07) is 0. The van der Waals surface area contributed by atoms with Crippen LogP contribution in [0.1, 0.15) is 53.4 Å². The summed E-state index contributed by atoms with van der Waals surface area (Å²) < 4.78 is 0. The molecule has 1 heteroatoms. The minimum absolute atomic E-state index is 0.423. The maximum Gasteiger partial charge on any atom is 0.0653 e. The van der Waals surface area contributed by atoms with Gasteiger partial charge in [0.25, 0.3) is 0 Å². The number of rotatable bonds is 1. The Kier molecular flexibility index (Phi) is 3.18. The van der Waals surface area contributed by atoms with Crippen LogP contribution in [0, 0.1) is 23.7 Å². The molecule has 16 heavy (non-hydrogen) atoms. The fourth-order valence-electron chi connectivity index (χ4n) is 3.87. The Bertz CT molecular complexity index is 288. The number of aliphatic hydroxyl groups is 1. The van der Waals surface area contributed by atoms with E-state index in [1.165, 1.54) is 24.8 Å². The molecular weight excluding hydrogens is 196 g/mol. The summed E-state index contributed by atoms with van der Waals surface area (Å²) in [5.74, 6) is 2.64. The van der Waals surface area contributed by atoms with E-state index in [4.69, 9.17) is 0 Å². The van der Waals surface area contributed by atoms with E-state index in [9.17, 15) is 5.11 Å². The Labute approximate surface area is 99.9 Å². The lowest BCUT2D eigenvalue weighted by Gasteiger charge is -2.49. The third-order valence-corrected chi connectivity index (χ3v) is 4.92. The van der Waals surface area contributed by atoms with E-state index < -0.39 is 5.60 Å². The van der Waals surface area contributed by atoms with Crippen molar-refractivity contribution in [2.45, 2.75) is 59.0 Å². The smallest absolute Gasteiger partial charge is 0.0653 e. The molecule has 1 saturated carbocycles. The van der Waals surface area contributed by atoms with Gasteiger partial charge in [0.1, 0.15) is 0 Å². The predicted octanol–water partition coefficient (Wildman–Crippen LogP) is 3.78. The van der Waals surface area contributed by atoms with Gasteiger partial charge in [-0.05, 0) is 63.2 Å². The number of fused-ring (bicyclic) bond motifs is 1. The molecule has 2 unspecified atom stereocenters. The lowest BCUT2D eigenvalue weighted by molar-refractivity contribution is -0.0807. The van der Waals surface area contributed by atoms with Gasteiger partial charge in [0.2, 0.25) is 0 Å². The Morgan fingerprint density at radius 1 is 1.38 bits per heavy atom. The molecule has 0 radical (unpaired) electrons. The van der Waals surface area contributed by atoms with Crippen LogP contribution in [0.3, 0.4) is 0 Å². The van der Waals surface area contributed by atoms with Gasteiger partial charge in [-0.15, -0.1) is 0 Å². The summed E-state index contributed by atoms with van der Waals surface area (Å²) in [4.78, 5) is 0. The molecule has 0 aromatic carbocycles. The summed E-state index contributed by atoms with van der Waals surface area (Å²) in [6.07, 6.45) is 7.01. The standard InChI is InChI=1S/C15H26O/c1-10(2)12-7-8-15(4,16)14-6-5-11(3)9-13(12)14/h9-10,12-14,16H,5-8H2,1-4H3/t12-,13?,14?,15-/m0/s1. The van der Waals surface area contributed by atoms with Crippen molar-refractivity contribution in [3.8, 4) is 0 Å². The number of allylic oxidation sites excluding steroid dienone is 2. The van der Waals surface area contributed by atoms with Crippen molar-refractivity contribution in [3.63, 3.8) is 0 Å². The van der Waals surface area contributed by atoms with Crippen molar-refractivity contribution in [3.05, 3.63) is 11.6 Å². The number of hydrogen-bond acceptors (Lipinski definition) is 1. The van der Waals surface area contributed by atoms with Gasteiger partial charge in [0.05, 0.1) is 5.60 Å². The SMILES string of the molecule is CC1=CC2C(CC1)[C@@](C)(O)CC[C@H]2C(C)C. The molecule has 0 bridgehead atoms. The third-order valence-electron chi connectivity index (χ3n) is 4.92. The molecule has 0 saturated heterocycles. The van der Waals surface area contributed by atoms with Gasteiger partial charge in [-0.2, -0.15) is 0 Å². The normalized spacial score (nSPS) is 44.1. The molecule has 2 aliphatic carbocycles. The van der Waals surface area contributed by atoms with Crippen molar-refractivity contribution in [2.24, 2.45) is 23.7 Å². The summed E-state index contributed by atoms with van der Waals surface area (Å²) in [5.41, 5.74) is 1.11. The summed E-state index contributed by atoms with van der Waals surface area (Å²) in [7, 11) is 0. The summed E-state index contributed by atoms with van der Waals surface area (Å²) in [6.45, 7) is 8.96. The van der Waals surface area contributed by atoms with Crippen molar-refractivity contribution in [2.75, 3.05) is 0 Å². The van der Waals surface area contributed by atoms with E-state index in [1.54, 1.807) is 0 Å². The largest absolute Gasteiger partial charge is 0.390 e. The van der Waals surface area contributed by atoms with E-state index in [0.29, 0.717) is 11.8 Å². The summed E-state index contributed by atoms with van der Waals surface area (Å²) >= 11 is 0. The van der Waals surface area contributed by atoms with Crippen LogP contribution < -0.4 is 0 Å². The van der Waals surface area contributed by atoms with Crippen LogP contribution in [0.2, 0.25) is 0 Å². The van der Waals surface area contributed by atoms with Gasteiger partial charge in [0.15, 0.2) is 0 Å². The monoisotopic (exact) mass is 222 g/mol. The van der Waals surface area contributed by atoms with Crippen LogP contribution in [-0.2, 0) is 0 Å². The van der Waals surface area contributed by atoms with Crippen LogP contribution in [0.4, 0.5) is 0 Å². The number of hydrogen-bond donors (Lipinski definition) is 1. The van der Waals surface area contributed by atoms with Crippen LogP contribution in [0.15, 0.2) is 11.6 Å². The highest BCUT2D eigenvalue weighted by Gasteiger charge is 2.46. The highest BCUT2D eigenvalue weighted by molar-refractivity contribution is 5.13. The molecule has 0 amide bonds. The van der Waals surface area contributed by atoms with Gasteiger partial charge in [0, 0.05) is 0 Å². The van der Waals surface area contributed by atoms with Crippen molar-refractivity contribution in [1.82, 2.24) is 0 Å². The molecule has 2 rings (SSSR count). The van der Waals surface area contributed by atoms with Crippen LogP contribution in [0.25, 0.3) is 0 Å². The second-order valence-corrected chi connectivity index (χ2v) is 6.54. The molecule has 0 aromatic heterocycles. The first-order valence-electron chi connectivity index (χ1n) is 6.81. The second kappa shape index (κ2) is 4.18. The van der Waals surface area contributed by atoms with Crippen LogP contribution in [-0.4, -0.2) is 10.7 Å². The van der Waals surface area contributed by atoms with Gasteiger partial charge in [-0.25, -0.2) is 0 Å². The minimum Gasteiger partial charge on any atom is -0.390 e. The van der Waals surface area contributed by atoms with E-state index in [-0.39, 0.29) is 0 Å². The molecule has 0 aromatic rings. The fourth-order valence-corrected chi connectivity index (χ4v) is 3.87. The van der Waals surface area contributed by atoms with Crippen molar-refractivity contribution >= 4 is 0 Å². The lowest BCUT2D eigenvalue weighted by Crippen LogP contribution is -2.48. The molecule has 0 spiro atoms. The molecular formula is C15H26O. The first kappa shape index (κ1) is 12.2. The molecule has 1 nitrogen and oxygen atoms in total. The Hall–Kier alpha value is -0.300. The van der Waals surface area contributed by atoms with Gasteiger partial charge in [-0.1, -0.05) is 25.5 Å². The average molecular weight is 222 g/mol. The van der Waals surface area contributed by atoms with E-state index in [0.717, 1.165) is 18.3 Å². The van der Waals surface area contributed by atoms with E-state index >= 15 is 0 Å². The molecule has 92 valence electrons. The quantitative estimate of drug-likeness (QED) is 0.669. The Morgan fingerprint density at radius 2 is 2.06 bits per heavy atom. The van der Waals surface area contributed by atoms with Crippen LogP contribution in [0.5, 0.6) is 0 Å². The lowest BCUT2D eigenvalue weighted by atomic mass is 9.58. The zero-order valence-corrected chi connectivity index (χ0v) is 11.2. The molecule has 0 aliphatic heterocycles. The first-order chi connectivity index (χ1) is 7.42. The third kappa shape index (κ3) is 2.07. The van der Waals surface area contributed by atoms with Crippen molar-refractivity contribution in [1.29, 1.82) is 0 Å². The Morgan fingerprint density at radius 3 is 2.69 bits per heavy atom. The van der Waals surface area contributed by atoms with Gasteiger partial charge < -0.3 is 5.11 Å². The average Bonchev–Trinajstić information content (AvgIpc) is 2.16. The molecule has 1 N–H and O–H groups in total. The molecule has 4 atom stereocenters. The second-order valence-electron chi connectivity index (χ2n) is 6.54. The Balaban J connectivity index is 2.27. The zero-order chi connectivity index (χ0) is 11.9. The first-order valence-corrected chi connectivity index (χ1v) is 6.81. The summed E-state index contributed by atoms with van der Waals surface area (Å²) in [5, 5.41) is 10.5. The molecule has 2 aliphatic rings. The van der Waals surface area contributed by atoms with Gasteiger partial charge >= 0.3 is 0 Å². The van der Waals surface area contributed by atoms with Gasteiger partial charge in [-0.3, -0.25) is 0 Å². The maximum absolute atomic E-state index is 10.5. The molecule has 1 fully saturated rings. The highest BCUT2D eigenvalue weighted by atomic mass is 16.3. The van der Waals surface area contributed by atoms with E-state index in [2.05, 4.69) is 33.8 Å². The fraction of sp³-hybridized carbons (Fsp3) is 0.867. The van der Waals surface area contributed by atoms with Crippen LogP contribution >= 0.6 is 0 Å². The zero-order valence-electron chi connectivity index (χ0n) is 11.2.